The fourth-order valence-corrected chi connectivity index (χ4v) is 5.93. The topological polar surface area (TPSA) is 131 Å². The molecular formula is C31H25N3O8S. The Morgan fingerprint density at radius 2 is 1.86 bits per heavy atom. The fraction of sp³-hybridized carbons (Fsp3) is 0.194. The van der Waals surface area contributed by atoms with Gasteiger partial charge in [-0.1, -0.05) is 29.5 Å². The fourth-order valence-electron chi connectivity index (χ4n) is 4.88. The van der Waals surface area contributed by atoms with Gasteiger partial charge in [0.25, 0.3) is 11.2 Å². The minimum Gasteiger partial charge on any atom is -0.489 e. The van der Waals surface area contributed by atoms with Crippen molar-refractivity contribution in [2.75, 3.05) is 13.4 Å². The van der Waals surface area contributed by atoms with Crippen molar-refractivity contribution in [3.63, 3.8) is 0 Å². The zero-order chi connectivity index (χ0) is 30.1. The minimum absolute atomic E-state index is 0.0212. The van der Waals surface area contributed by atoms with Crippen LogP contribution in [0.5, 0.6) is 17.2 Å². The molecule has 3 aromatic carbocycles. The number of carbonyl (C=O) groups is 1. The minimum atomic E-state index is -0.762. The van der Waals surface area contributed by atoms with Crippen molar-refractivity contribution < 1.29 is 28.7 Å². The smallest absolute Gasteiger partial charge is 0.338 e. The second kappa shape index (κ2) is 11.6. The van der Waals surface area contributed by atoms with E-state index in [9.17, 15) is 19.7 Å². The molecule has 1 atom stereocenters. The van der Waals surface area contributed by atoms with E-state index in [2.05, 4.69) is 4.99 Å². The van der Waals surface area contributed by atoms with Gasteiger partial charge in [-0.2, -0.15) is 0 Å². The normalized spacial score (nSPS) is 15.6. The molecule has 0 spiro atoms. The third-order valence-corrected chi connectivity index (χ3v) is 7.94. The number of thiazole rings is 1. The van der Waals surface area contributed by atoms with Crippen LogP contribution in [0.15, 0.2) is 87.8 Å². The molecular weight excluding hydrogens is 574 g/mol. The van der Waals surface area contributed by atoms with Crippen LogP contribution >= 0.6 is 11.3 Å². The van der Waals surface area contributed by atoms with Crippen molar-refractivity contribution in [3.8, 4) is 17.2 Å². The Morgan fingerprint density at radius 1 is 1.12 bits per heavy atom. The van der Waals surface area contributed by atoms with Gasteiger partial charge in [-0.3, -0.25) is 19.5 Å². The molecule has 0 amide bonds. The summed E-state index contributed by atoms with van der Waals surface area (Å²) in [4.78, 5) is 42.4. The van der Waals surface area contributed by atoms with Crippen molar-refractivity contribution in [1.82, 2.24) is 4.57 Å². The van der Waals surface area contributed by atoms with Gasteiger partial charge in [-0.25, -0.2) is 9.79 Å². The Morgan fingerprint density at radius 3 is 2.58 bits per heavy atom. The number of fused-ring (bicyclic) bond motifs is 2. The first-order valence-corrected chi connectivity index (χ1v) is 14.2. The number of rotatable bonds is 8. The number of ether oxygens (including phenoxy) is 4. The number of hydrogen-bond donors (Lipinski definition) is 0. The molecule has 4 aromatic rings. The van der Waals surface area contributed by atoms with Crippen molar-refractivity contribution in [3.05, 3.63) is 124 Å². The van der Waals surface area contributed by atoms with Gasteiger partial charge in [0.15, 0.2) is 16.3 Å². The second-order valence-electron chi connectivity index (χ2n) is 9.70. The predicted octanol–water partition coefficient (Wildman–Crippen LogP) is 4.01. The highest BCUT2D eigenvalue weighted by atomic mass is 32.1. The SMILES string of the molecule is CCOC(=O)C1=C(C)N=c2s/c(=C/c3ccc(OCc4ccc([N+](=O)[O-])cc4)cc3)c(=O)n2C1c1ccc2c(c1)OCO2. The summed E-state index contributed by atoms with van der Waals surface area (Å²) in [5, 5.41) is 10.8. The van der Waals surface area contributed by atoms with Crippen molar-refractivity contribution in [1.29, 1.82) is 0 Å². The van der Waals surface area contributed by atoms with Gasteiger partial charge in [0.2, 0.25) is 6.79 Å². The number of nitrogens with zero attached hydrogens (tertiary/aromatic N) is 3. The summed E-state index contributed by atoms with van der Waals surface area (Å²) in [6, 6.07) is 18.0. The standard InChI is InChI=1S/C31H25N3O8S/c1-3-39-30(36)27-18(2)32-31-33(28(27)21-8-13-24-25(15-21)42-17-41-24)29(35)26(43-31)14-19-6-11-23(12-7-19)40-16-20-4-9-22(10-5-20)34(37)38/h4-15,28H,3,16-17H2,1-2H3/b26-14+. The second-order valence-corrected chi connectivity index (χ2v) is 10.7. The van der Waals surface area contributed by atoms with Crippen LogP contribution in [0.2, 0.25) is 0 Å². The molecule has 0 N–H and O–H groups in total. The van der Waals surface area contributed by atoms with Gasteiger partial charge in [-0.15, -0.1) is 0 Å². The van der Waals surface area contributed by atoms with Gasteiger partial charge in [0.05, 0.1) is 33.4 Å². The quantitative estimate of drug-likeness (QED) is 0.169. The number of nitro benzene ring substituents is 1. The molecule has 0 aliphatic carbocycles. The third-order valence-electron chi connectivity index (χ3n) is 6.96. The molecule has 0 saturated carbocycles. The third kappa shape index (κ3) is 5.52. The Kier molecular flexibility index (Phi) is 7.51. The molecule has 218 valence electrons. The lowest BCUT2D eigenvalue weighted by Crippen LogP contribution is -2.39. The zero-order valence-corrected chi connectivity index (χ0v) is 24.0. The molecule has 11 nitrogen and oxygen atoms in total. The summed E-state index contributed by atoms with van der Waals surface area (Å²) in [5.74, 6) is 1.20. The van der Waals surface area contributed by atoms with Gasteiger partial charge in [0, 0.05) is 12.1 Å². The number of hydrogen-bond acceptors (Lipinski definition) is 10. The van der Waals surface area contributed by atoms with Gasteiger partial charge >= 0.3 is 5.97 Å². The molecule has 2 aliphatic rings. The van der Waals surface area contributed by atoms with Crippen molar-refractivity contribution in [2.24, 2.45) is 4.99 Å². The lowest BCUT2D eigenvalue weighted by atomic mass is 9.95. The van der Waals surface area contributed by atoms with E-state index in [-0.39, 0.29) is 36.8 Å². The first-order valence-electron chi connectivity index (χ1n) is 13.4. The van der Waals surface area contributed by atoms with Crippen LogP contribution in [-0.2, 0) is 16.1 Å². The summed E-state index contributed by atoms with van der Waals surface area (Å²) in [7, 11) is 0. The van der Waals surface area contributed by atoms with Crippen LogP contribution in [0.4, 0.5) is 5.69 Å². The Labute approximate surface area is 248 Å². The molecule has 0 radical (unpaired) electrons. The van der Waals surface area contributed by atoms with E-state index in [1.165, 1.54) is 28.0 Å². The largest absolute Gasteiger partial charge is 0.489 e. The molecule has 43 heavy (non-hydrogen) atoms. The van der Waals surface area contributed by atoms with E-state index in [0.717, 1.165) is 11.1 Å². The number of aromatic nitrogens is 1. The van der Waals surface area contributed by atoms with Gasteiger partial charge in [-0.05, 0) is 73.0 Å². The number of nitro groups is 1. The lowest BCUT2D eigenvalue weighted by molar-refractivity contribution is -0.384. The Balaban J connectivity index is 1.31. The van der Waals surface area contributed by atoms with Crippen LogP contribution in [0.3, 0.4) is 0 Å². The summed E-state index contributed by atoms with van der Waals surface area (Å²) in [6.07, 6.45) is 1.77. The zero-order valence-electron chi connectivity index (χ0n) is 23.1. The average molecular weight is 600 g/mol. The number of esters is 1. The number of non-ortho nitro benzene ring substituents is 1. The van der Waals surface area contributed by atoms with Crippen LogP contribution in [-0.4, -0.2) is 28.9 Å². The summed E-state index contributed by atoms with van der Waals surface area (Å²) in [5.41, 5.74) is 2.73. The van der Waals surface area contributed by atoms with Crippen LogP contribution in [0, 0.1) is 10.1 Å². The van der Waals surface area contributed by atoms with E-state index in [1.54, 1.807) is 56.3 Å². The van der Waals surface area contributed by atoms with Crippen LogP contribution in [0.25, 0.3) is 6.08 Å². The molecule has 1 unspecified atom stereocenters. The Hall–Kier alpha value is -5.23. The molecule has 6 rings (SSSR count). The van der Waals surface area contributed by atoms with E-state index in [0.29, 0.717) is 37.8 Å². The van der Waals surface area contributed by atoms with E-state index in [4.69, 9.17) is 18.9 Å². The highest BCUT2D eigenvalue weighted by Crippen LogP contribution is 2.38. The number of carbonyl (C=O) groups excluding carboxylic acids is 1. The molecule has 0 bridgehead atoms. The number of allylic oxidation sites excluding steroid dienone is 1. The van der Waals surface area contributed by atoms with E-state index in [1.807, 2.05) is 18.2 Å². The van der Waals surface area contributed by atoms with Crippen LogP contribution < -0.4 is 29.1 Å². The van der Waals surface area contributed by atoms with E-state index >= 15 is 0 Å². The Bertz CT molecular complexity index is 1940. The molecule has 0 saturated heterocycles. The van der Waals surface area contributed by atoms with Crippen LogP contribution in [0.1, 0.15) is 36.6 Å². The van der Waals surface area contributed by atoms with Gasteiger partial charge in [0.1, 0.15) is 12.4 Å². The maximum atomic E-state index is 13.8. The predicted molar refractivity (Wildman–Crippen MR) is 157 cm³/mol. The highest BCUT2D eigenvalue weighted by molar-refractivity contribution is 7.07. The van der Waals surface area contributed by atoms with E-state index < -0.39 is 16.9 Å². The summed E-state index contributed by atoms with van der Waals surface area (Å²) < 4.78 is 24.2. The van der Waals surface area contributed by atoms with Crippen molar-refractivity contribution in [2.45, 2.75) is 26.5 Å². The maximum absolute atomic E-state index is 13.8. The molecule has 1 aromatic heterocycles. The lowest BCUT2D eigenvalue weighted by Gasteiger charge is -2.24. The summed E-state index contributed by atoms with van der Waals surface area (Å²) in [6.45, 7) is 3.99. The van der Waals surface area contributed by atoms with Crippen molar-refractivity contribution >= 4 is 29.1 Å². The first-order chi connectivity index (χ1) is 20.8. The molecule has 2 aliphatic heterocycles. The first kappa shape index (κ1) is 27.9. The molecule has 3 heterocycles. The molecule has 12 heteroatoms. The number of benzene rings is 3. The monoisotopic (exact) mass is 599 g/mol. The highest BCUT2D eigenvalue weighted by Gasteiger charge is 2.34. The summed E-state index contributed by atoms with van der Waals surface area (Å²) >= 11 is 1.23. The average Bonchev–Trinajstić information content (AvgIpc) is 3.59. The van der Waals surface area contributed by atoms with Gasteiger partial charge < -0.3 is 18.9 Å². The maximum Gasteiger partial charge on any atom is 0.338 e. The molecule has 0 fully saturated rings.